The first kappa shape index (κ1) is 14.9. The fourth-order valence-electron chi connectivity index (χ4n) is 1.33. The van der Waals surface area contributed by atoms with Crippen molar-refractivity contribution in [3.8, 4) is 12.3 Å². The molecular weight excluding hydrogens is 257 g/mol. The van der Waals surface area contributed by atoms with Gasteiger partial charge < -0.3 is 11.1 Å². The van der Waals surface area contributed by atoms with Gasteiger partial charge in [-0.3, -0.25) is 4.79 Å². The molecule has 102 valence electrons. The van der Waals surface area contributed by atoms with E-state index in [0.29, 0.717) is 0 Å². The largest absolute Gasteiger partial charge is 0.416 e. The third-order valence-corrected chi connectivity index (χ3v) is 2.41. The molecule has 1 rings (SSSR count). The second-order valence-electron chi connectivity index (χ2n) is 4.52. The van der Waals surface area contributed by atoms with E-state index in [9.17, 15) is 18.0 Å². The van der Waals surface area contributed by atoms with Crippen LogP contribution in [0.15, 0.2) is 18.2 Å². The van der Waals surface area contributed by atoms with Crippen molar-refractivity contribution < 1.29 is 18.0 Å². The van der Waals surface area contributed by atoms with E-state index >= 15 is 0 Å². The molecule has 3 N–H and O–H groups in total. The predicted molar refractivity (Wildman–Crippen MR) is 66.2 cm³/mol. The lowest BCUT2D eigenvalue weighted by Crippen LogP contribution is -2.42. The van der Waals surface area contributed by atoms with Crippen molar-refractivity contribution in [2.24, 2.45) is 0 Å². The molecule has 0 unspecified atom stereocenters. The van der Waals surface area contributed by atoms with Gasteiger partial charge in [0.1, 0.15) is 0 Å². The number of nitrogen functional groups attached to an aromatic ring is 1. The summed E-state index contributed by atoms with van der Waals surface area (Å²) in [6.45, 7) is 3.18. The maximum absolute atomic E-state index is 12.4. The van der Waals surface area contributed by atoms with Crippen LogP contribution in [0.1, 0.15) is 29.8 Å². The Morgan fingerprint density at radius 1 is 1.37 bits per heavy atom. The van der Waals surface area contributed by atoms with Crippen LogP contribution in [-0.2, 0) is 6.18 Å². The van der Waals surface area contributed by atoms with Crippen LogP contribution in [0, 0.1) is 12.3 Å². The van der Waals surface area contributed by atoms with Gasteiger partial charge in [0.05, 0.1) is 16.7 Å². The molecule has 3 nitrogen and oxygen atoms in total. The van der Waals surface area contributed by atoms with Crippen LogP contribution in [0.4, 0.5) is 18.9 Å². The number of nitrogens with two attached hydrogens (primary N) is 1. The molecular formula is C13H13F3N2O. The van der Waals surface area contributed by atoms with Gasteiger partial charge in [-0.15, -0.1) is 6.42 Å². The quantitative estimate of drug-likeness (QED) is 0.640. The summed E-state index contributed by atoms with van der Waals surface area (Å²) >= 11 is 0. The van der Waals surface area contributed by atoms with Crippen molar-refractivity contribution in [2.75, 3.05) is 5.73 Å². The normalized spacial score (nSPS) is 11.8. The van der Waals surface area contributed by atoms with Crippen LogP contribution in [0.3, 0.4) is 0 Å². The molecule has 0 spiro atoms. The van der Waals surface area contributed by atoms with Gasteiger partial charge in [-0.05, 0) is 32.0 Å². The summed E-state index contributed by atoms with van der Waals surface area (Å²) in [6, 6.07) is 2.55. The number of terminal acetylenes is 1. The summed E-state index contributed by atoms with van der Waals surface area (Å²) in [5.41, 5.74) is 3.36. The molecule has 0 saturated carbocycles. The first-order chi connectivity index (χ1) is 8.57. The molecule has 0 aliphatic heterocycles. The number of hydrogen-bond acceptors (Lipinski definition) is 2. The third-order valence-electron chi connectivity index (χ3n) is 2.41. The van der Waals surface area contributed by atoms with E-state index in [0.717, 1.165) is 18.2 Å². The van der Waals surface area contributed by atoms with E-state index in [4.69, 9.17) is 12.2 Å². The van der Waals surface area contributed by atoms with Crippen molar-refractivity contribution in [1.82, 2.24) is 5.32 Å². The average molecular weight is 270 g/mol. The number of halogens is 3. The highest BCUT2D eigenvalue weighted by molar-refractivity contribution is 5.99. The number of rotatable bonds is 2. The van der Waals surface area contributed by atoms with Gasteiger partial charge in [0.2, 0.25) is 0 Å². The van der Waals surface area contributed by atoms with Crippen molar-refractivity contribution in [3.63, 3.8) is 0 Å². The van der Waals surface area contributed by atoms with Crippen LogP contribution in [0.5, 0.6) is 0 Å². The molecule has 0 aliphatic carbocycles. The fraction of sp³-hybridized carbons (Fsp3) is 0.308. The Balaban J connectivity index is 3.05. The van der Waals surface area contributed by atoms with Gasteiger partial charge in [0.25, 0.3) is 5.91 Å². The lowest BCUT2D eigenvalue weighted by Gasteiger charge is -2.20. The minimum Gasteiger partial charge on any atom is -0.398 e. The van der Waals surface area contributed by atoms with E-state index in [1.54, 1.807) is 13.8 Å². The van der Waals surface area contributed by atoms with Gasteiger partial charge in [-0.1, -0.05) is 5.92 Å². The number of amides is 1. The lowest BCUT2D eigenvalue weighted by atomic mass is 10.0. The minimum absolute atomic E-state index is 0.0451. The number of benzene rings is 1. The van der Waals surface area contributed by atoms with E-state index in [2.05, 4.69) is 11.2 Å². The number of anilines is 1. The van der Waals surface area contributed by atoms with Crippen molar-refractivity contribution in [1.29, 1.82) is 0 Å². The van der Waals surface area contributed by atoms with Crippen molar-refractivity contribution >= 4 is 11.6 Å². The molecule has 0 saturated heterocycles. The lowest BCUT2D eigenvalue weighted by molar-refractivity contribution is -0.137. The zero-order valence-corrected chi connectivity index (χ0v) is 10.4. The summed E-state index contributed by atoms with van der Waals surface area (Å²) in [7, 11) is 0. The number of nitrogens with one attached hydrogen (secondary N) is 1. The Morgan fingerprint density at radius 3 is 2.37 bits per heavy atom. The maximum Gasteiger partial charge on any atom is 0.416 e. The van der Waals surface area contributed by atoms with Crippen LogP contribution < -0.4 is 11.1 Å². The van der Waals surface area contributed by atoms with Gasteiger partial charge >= 0.3 is 6.18 Å². The highest BCUT2D eigenvalue weighted by atomic mass is 19.4. The van der Waals surface area contributed by atoms with E-state index in [1.807, 2.05) is 0 Å². The molecule has 0 aliphatic rings. The second-order valence-corrected chi connectivity index (χ2v) is 4.52. The SMILES string of the molecule is C#CC(C)(C)NC(=O)c1ccc(C(F)(F)F)cc1N. The molecule has 1 aromatic rings. The van der Waals surface area contributed by atoms with Gasteiger partial charge in [-0.25, -0.2) is 0 Å². The zero-order chi connectivity index (χ0) is 14.8. The molecule has 1 aromatic carbocycles. The minimum atomic E-state index is -4.50. The Hall–Kier alpha value is -2.16. The summed E-state index contributed by atoms with van der Waals surface area (Å²) in [5, 5.41) is 2.48. The molecule has 19 heavy (non-hydrogen) atoms. The molecule has 0 aromatic heterocycles. The van der Waals surface area contributed by atoms with E-state index in [1.165, 1.54) is 0 Å². The summed E-state index contributed by atoms with van der Waals surface area (Å²) in [6.07, 6.45) is 0.708. The Labute approximate surface area is 109 Å². The van der Waals surface area contributed by atoms with Crippen LogP contribution >= 0.6 is 0 Å². The standard InChI is InChI=1S/C13H13F3N2O/c1-4-12(2,3)18-11(19)9-6-5-8(7-10(9)17)13(14,15)16/h1,5-7H,17H2,2-3H3,(H,18,19). The Bertz CT molecular complexity index is 542. The van der Waals surface area contributed by atoms with Gasteiger partial charge in [0.15, 0.2) is 0 Å². The van der Waals surface area contributed by atoms with Crippen LogP contribution in [-0.4, -0.2) is 11.4 Å². The van der Waals surface area contributed by atoms with E-state index in [-0.39, 0.29) is 11.3 Å². The Morgan fingerprint density at radius 2 is 1.95 bits per heavy atom. The van der Waals surface area contributed by atoms with Crippen molar-refractivity contribution in [3.05, 3.63) is 29.3 Å². The third kappa shape index (κ3) is 3.65. The van der Waals surface area contributed by atoms with Crippen molar-refractivity contribution in [2.45, 2.75) is 25.6 Å². The first-order valence-corrected chi connectivity index (χ1v) is 5.34. The van der Waals surface area contributed by atoms with Crippen LogP contribution in [0.2, 0.25) is 0 Å². The molecule has 0 atom stereocenters. The molecule has 0 bridgehead atoms. The predicted octanol–water partition coefficient (Wildman–Crippen LogP) is 2.43. The topological polar surface area (TPSA) is 55.1 Å². The zero-order valence-electron chi connectivity index (χ0n) is 10.4. The summed E-state index contributed by atoms with van der Waals surface area (Å²) in [4.78, 5) is 11.8. The average Bonchev–Trinajstić information content (AvgIpc) is 2.26. The second kappa shape index (κ2) is 4.84. The number of hydrogen-bond donors (Lipinski definition) is 2. The fourth-order valence-corrected chi connectivity index (χ4v) is 1.33. The molecule has 0 heterocycles. The number of carbonyl (C=O) groups is 1. The van der Waals surface area contributed by atoms with Crippen LogP contribution in [0.25, 0.3) is 0 Å². The van der Waals surface area contributed by atoms with Gasteiger partial charge in [-0.2, -0.15) is 13.2 Å². The molecule has 0 radical (unpaired) electrons. The first-order valence-electron chi connectivity index (χ1n) is 5.34. The molecule has 1 amide bonds. The summed E-state index contributed by atoms with van der Waals surface area (Å²) in [5.74, 6) is 1.73. The monoisotopic (exact) mass is 270 g/mol. The Kier molecular flexibility index (Phi) is 3.80. The highest BCUT2D eigenvalue weighted by Crippen LogP contribution is 2.31. The smallest absolute Gasteiger partial charge is 0.398 e. The van der Waals surface area contributed by atoms with E-state index < -0.39 is 23.2 Å². The summed E-state index contributed by atoms with van der Waals surface area (Å²) < 4.78 is 37.3. The number of carbonyl (C=O) groups excluding carboxylic acids is 1. The maximum atomic E-state index is 12.4. The molecule has 6 heteroatoms. The molecule has 0 fully saturated rings. The number of alkyl halides is 3. The highest BCUT2D eigenvalue weighted by Gasteiger charge is 2.31. The van der Waals surface area contributed by atoms with Gasteiger partial charge in [0, 0.05) is 5.69 Å².